The summed E-state index contributed by atoms with van der Waals surface area (Å²) in [6, 6.07) is 55.2. The highest BCUT2D eigenvalue weighted by atomic mass is 16.6. The number of carboxylic acid groups (broad SMARTS) is 1. The summed E-state index contributed by atoms with van der Waals surface area (Å²) in [5.41, 5.74) is 5.01. The normalized spacial score (nSPS) is 14.8. The van der Waals surface area contributed by atoms with Crippen LogP contribution in [0.25, 0.3) is 22.3 Å². The van der Waals surface area contributed by atoms with E-state index >= 15 is 0 Å². The molecule has 2 saturated carbocycles. The predicted molar refractivity (Wildman–Crippen MR) is 350 cm³/mol. The second kappa shape index (κ2) is 33.4. The van der Waals surface area contributed by atoms with Gasteiger partial charge in [-0.25, -0.2) is 4.79 Å². The minimum atomic E-state index is -0.895. The van der Waals surface area contributed by atoms with Gasteiger partial charge in [-0.05, 0) is 151 Å². The average molecular weight is 1230 g/mol. The minimum absolute atomic E-state index is 0.0187. The molecule has 1 amide bonds. The molecule has 0 aromatic heterocycles. The minimum Gasteiger partial charge on any atom is -0.481 e. The van der Waals surface area contributed by atoms with Gasteiger partial charge in [-0.2, -0.15) is 0 Å². The molecule has 0 aliphatic heterocycles. The molecule has 2 N–H and O–H groups in total. The number of hydrogen-bond acceptors (Lipinski definition) is 12. The van der Waals surface area contributed by atoms with E-state index in [0.29, 0.717) is 38.5 Å². The molecule has 0 radical (unpaired) electrons. The maximum atomic E-state index is 13.9. The summed E-state index contributed by atoms with van der Waals surface area (Å²) in [6.07, 6.45) is 7.11. The van der Waals surface area contributed by atoms with Crippen LogP contribution in [0.4, 0.5) is 4.79 Å². The van der Waals surface area contributed by atoms with E-state index in [1.807, 2.05) is 163 Å². The highest BCUT2D eigenvalue weighted by Gasteiger charge is 2.45. The van der Waals surface area contributed by atoms with Gasteiger partial charge in [0.15, 0.2) is 0 Å². The maximum absolute atomic E-state index is 13.9. The zero-order chi connectivity index (χ0) is 65.4. The van der Waals surface area contributed by atoms with Crippen molar-refractivity contribution >= 4 is 41.7 Å². The number of ketones is 1. The quantitative estimate of drug-likeness (QED) is 0.0454. The Morgan fingerprint density at radius 1 is 0.411 bits per heavy atom. The standard InChI is InChI=1S/C36H42O5.C25H33NO4.C15H18O4/c1-35(2,3)41-33(38)24-29(22-27-16-18-31(19-17-27)30-14-8-5-9-15-30)23-32(37)36(20-10-11-21-36)25-34(39)40-26-28-12-6-4-7-13-28;1-24(2,3)29-22(27)17-21(26-23(28)30-25(4,5)6)16-18-12-14-20(15-13-18)19-10-8-7-9-11-19;16-13(19-11-12-6-2-1-3-7-12)10-15(14(17)18)8-4-5-9-15/h4-9,12-19,29H,10-11,20-26H2,1-3H3;7-15,21H,16-17H2,1-6H3,(H,26,28);1-3,6-7H,4-5,8-11H2,(H,17,18). The summed E-state index contributed by atoms with van der Waals surface area (Å²) in [6.45, 7) is 16.8. The van der Waals surface area contributed by atoms with Crippen molar-refractivity contribution in [3.8, 4) is 22.3 Å². The van der Waals surface area contributed by atoms with Crippen LogP contribution in [-0.2, 0) is 78.5 Å². The van der Waals surface area contributed by atoms with E-state index in [0.717, 1.165) is 70.2 Å². The fourth-order valence-corrected chi connectivity index (χ4v) is 11.3. The lowest BCUT2D eigenvalue weighted by Gasteiger charge is -2.29. The van der Waals surface area contributed by atoms with E-state index in [9.17, 15) is 38.7 Å². The Morgan fingerprint density at radius 2 is 0.767 bits per heavy atom. The van der Waals surface area contributed by atoms with E-state index in [-0.39, 0.29) is 74.9 Å². The van der Waals surface area contributed by atoms with Gasteiger partial charge in [-0.15, -0.1) is 0 Å². The van der Waals surface area contributed by atoms with Crippen LogP contribution in [0.1, 0.15) is 168 Å². The van der Waals surface area contributed by atoms with Crippen LogP contribution in [-0.4, -0.2) is 69.7 Å². The molecule has 2 fully saturated rings. The Morgan fingerprint density at radius 3 is 1.17 bits per heavy atom. The third kappa shape index (κ3) is 24.9. The summed E-state index contributed by atoms with van der Waals surface area (Å²) in [5.74, 6) is -2.47. The second-order valence-corrected chi connectivity index (χ2v) is 26.9. The Balaban J connectivity index is 0.000000230. The van der Waals surface area contributed by atoms with E-state index in [1.165, 1.54) is 0 Å². The monoisotopic (exact) mass is 1230 g/mol. The first-order valence-electron chi connectivity index (χ1n) is 31.5. The van der Waals surface area contributed by atoms with Gasteiger partial charge in [0, 0.05) is 24.3 Å². The number of nitrogens with one attached hydrogen (secondary N) is 1. The summed E-state index contributed by atoms with van der Waals surface area (Å²) in [7, 11) is 0. The molecule has 14 nitrogen and oxygen atoms in total. The zero-order valence-electron chi connectivity index (χ0n) is 54.2. The molecule has 2 aliphatic carbocycles. The third-order valence-corrected chi connectivity index (χ3v) is 15.6. The van der Waals surface area contributed by atoms with E-state index in [4.69, 9.17) is 23.7 Å². The Labute approximate surface area is 532 Å². The summed E-state index contributed by atoms with van der Waals surface area (Å²) in [5, 5.41) is 12.1. The largest absolute Gasteiger partial charge is 0.481 e. The Hall–Kier alpha value is -8.39. The molecule has 6 aromatic carbocycles. The fourth-order valence-electron chi connectivity index (χ4n) is 11.3. The van der Waals surface area contributed by atoms with Gasteiger partial charge in [0.05, 0.1) is 24.7 Å². The first-order chi connectivity index (χ1) is 42.6. The van der Waals surface area contributed by atoms with Crippen LogP contribution >= 0.6 is 0 Å². The van der Waals surface area contributed by atoms with Crippen molar-refractivity contribution in [2.24, 2.45) is 16.7 Å². The van der Waals surface area contributed by atoms with Crippen molar-refractivity contribution < 1.29 is 62.4 Å². The summed E-state index contributed by atoms with van der Waals surface area (Å²) >= 11 is 0. The molecule has 0 saturated heterocycles. The molecule has 480 valence electrons. The van der Waals surface area contributed by atoms with E-state index in [2.05, 4.69) is 53.8 Å². The molecule has 90 heavy (non-hydrogen) atoms. The smallest absolute Gasteiger partial charge is 0.407 e. The number of benzene rings is 6. The second-order valence-electron chi connectivity index (χ2n) is 26.9. The topological polar surface area (TPSA) is 198 Å². The highest BCUT2D eigenvalue weighted by Crippen LogP contribution is 2.45. The van der Waals surface area contributed by atoms with E-state index in [1.54, 1.807) is 20.8 Å². The molecule has 14 heteroatoms. The number of amides is 1. The number of Topliss-reactive ketones (excluding diaryl/α,β-unsaturated/α-hetero) is 1. The Bertz CT molecular complexity index is 3190. The maximum Gasteiger partial charge on any atom is 0.407 e. The van der Waals surface area contributed by atoms with Gasteiger partial charge < -0.3 is 34.1 Å². The molecule has 2 aliphatic rings. The lowest BCUT2D eigenvalue weighted by atomic mass is 9.74. The van der Waals surface area contributed by atoms with Crippen LogP contribution in [0.2, 0.25) is 0 Å². The van der Waals surface area contributed by atoms with Gasteiger partial charge >= 0.3 is 35.9 Å². The van der Waals surface area contributed by atoms with Crippen molar-refractivity contribution in [3.05, 3.63) is 192 Å². The van der Waals surface area contributed by atoms with Gasteiger partial charge in [-0.1, -0.05) is 196 Å². The van der Waals surface area contributed by atoms with Gasteiger partial charge in [0.1, 0.15) is 35.8 Å². The summed E-state index contributed by atoms with van der Waals surface area (Å²) in [4.78, 5) is 87.4. The first kappa shape index (κ1) is 70.7. The molecular formula is C76H93NO13. The SMILES string of the molecule is CC(C)(C)OC(=O)CC(CC(=O)C1(CC(=O)OCc2ccccc2)CCCC1)Cc1ccc(-c2ccccc2)cc1.CC(C)(C)OC(=O)CC(Cc1ccc(-c2ccccc2)cc1)NC(=O)OC(C)(C)C.O=C(CC1(C(=O)O)CCCC1)OCc1ccccc1. The Kier molecular flexibility index (Phi) is 26.3. The van der Waals surface area contributed by atoms with Crippen molar-refractivity contribution in [1.29, 1.82) is 0 Å². The first-order valence-corrected chi connectivity index (χ1v) is 31.5. The van der Waals surface area contributed by atoms with Gasteiger partial charge in [0.2, 0.25) is 0 Å². The van der Waals surface area contributed by atoms with Gasteiger partial charge in [0.25, 0.3) is 0 Å². The number of carbonyl (C=O) groups excluding carboxylic acids is 6. The molecule has 6 aromatic rings. The van der Waals surface area contributed by atoms with Crippen LogP contribution in [0.3, 0.4) is 0 Å². The van der Waals surface area contributed by atoms with Crippen molar-refractivity contribution in [2.75, 3.05) is 0 Å². The number of esters is 4. The summed E-state index contributed by atoms with van der Waals surface area (Å²) < 4.78 is 27.2. The van der Waals surface area contributed by atoms with Crippen molar-refractivity contribution in [3.63, 3.8) is 0 Å². The number of ether oxygens (including phenoxy) is 5. The van der Waals surface area contributed by atoms with E-state index < -0.39 is 51.7 Å². The molecule has 0 heterocycles. The van der Waals surface area contributed by atoms with Crippen LogP contribution in [0.15, 0.2) is 170 Å². The van der Waals surface area contributed by atoms with Crippen molar-refractivity contribution in [2.45, 2.75) is 195 Å². The molecule has 0 bridgehead atoms. The highest BCUT2D eigenvalue weighted by molar-refractivity contribution is 5.90. The number of rotatable bonds is 23. The number of alkyl carbamates (subject to hydrolysis) is 1. The van der Waals surface area contributed by atoms with Crippen LogP contribution in [0.5, 0.6) is 0 Å². The number of carboxylic acids is 1. The molecule has 2 unspecified atom stereocenters. The lowest BCUT2D eigenvalue weighted by Crippen LogP contribution is -2.42. The molecular weight excluding hydrogens is 1130 g/mol. The van der Waals surface area contributed by atoms with Crippen LogP contribution < -0.4 is 5.32 Å². The molecule has 8 rings (SSSR count). The van der Waals surface area contributed by atoms with Crippen molar-refractivity contribution in [1.82, 2.24) is 5.32 Å². The van der Waals surface area contributed by atoms with Crippen LogP contribution in [0, 0.1) is 16.7 Å². The average Bonchev–Trinajstić information content (AvgIpc) is 2.20. The molecule has 2 atom stereocenters. The lowest BCUT2D eigenvalue weighted by molar-refractivity contribution is -0.158. The number of carbonyl (C=O) groups is 7. The number of hydrogen-bond donors (Lipinski definition) is 2. The number of aliphatic carboxylic acids is 1. The fraction of sp³-hybridized carbons (Fsp3) is 0.434. The third-order valence-electron chi connectivity index (χ3n) is 15.6. The van der Waals surface area contributed by atoms with Gasteiger partial charge in [-0.3, -0.25) is 28.8 Å². The zero-order valence-corrected chi connectivity index (χ0v) is 54.2. The predicted octanol–water partition coefficient (Wildman–Crippen LogP) is 16.2. The molecule has 0 spiro atoms.